The molecule has 2 aromatic rings. The molecule has 1 unspecified atom stereocenters. The summed E-state index contributed by atoms with van der Waals surface area (Å²) in [6.07, 6.45) is 3.95. The van der Waals surface area contributed by atoms with Gasteiger partial charge in [-0.25, -0.2) is 5.01 Å². The molecule has 1 aliphatic carbocycles. The number of nitrogens with two attached hydrogens (primary N) is 1. The van der Waals surface area contributed by atoms with Gasteiger partial charge in [0, 0.05) is 29.3 Å². The summed E-state index contributed by atoms with van der Waals surface area (Å²) in [4.78, 5) is 31.1. The lowest BCUT2D eigenvalue weighted by Crippen LogP contribution is -2.49. The van der Waals surface area contributed by atoms with E-state index >= 15 is 0 Å². The monoisotopic (exact) mass is 433 g/mol. The molecule has 158 valence electrons. The molecule has 0 spiro atoms. The number of rotatable bonds is 3. The molecule has 0 saturated heterocycles. The van der Waals surface area contributed by atoms with Crippen LogP contribution in [0.25, 0.3) is 0 Å². The number of nitriles is 1. The Bertz CT molecular complexity index is 1170. The zero-order valence-electron chi connectivity index (χ0n) is 17.6. The Kier molecular flexibility index (Phi) is 5.15. The van der Waals surface area contributed by atoms with E-state index in [1.165, 1.54) is 22.5 Å². The zero-order chi connectivity index (χ0) is 22.3. The quantitative estimate of drug-likeness (QED) is 0.766. The Morgan fingerprint density at radius 3 is 2.77 bits per heavy atom. The number of aromatic nitrogens is 1. The minimum absolute atomic E-state index is 0.0232. The Balaban J connectivity index is 1.87. The highest BCUT2D eigenvalue weighted by atomic mass is 32.1. The van der Waals surface area contributed by atoms with Crippen LogP contribution in [0.15, 0.2) is 58.6 Å². The third-order valence-corrected chi connectivity index (χ3v) is 6.77. The normalized spacial score (nSPS) is 20.4. The minimum atomic E-state index is -0.518. The van der Waals surface area contributed by atoms with Crippen LogP contribution in [-0.2, 0) is 4.79 Å². The number of pyridine rings is 1. The van der Waals surface area contributed by atoms with Crippen molar-refractivity contribution in [2.45, 2.75) is 39.5 Å². The van der Waals surface area contributed by atoms with Crippen LogP contribution in [0, 0.1) is 23.7 Å². The number of hydrogen-bond donors (Lipinski definition) is 2. The summed E-state index contributed by atoms with van der Waals surface area (Å²) >= 11 is 1.51. The van der Waals surface area contributed by atoms with E-state index in [4.69, 9.17) is 5.73 Å². The van der Waals surface area contributed by atoms with Gasteiger partial charge in [0.2, 0.25) is 0 Å². The summed E-state index contributed by atoms with van der Waals surface area (Å²) in [5.41, 5.74) is 11.8. The number of nitrogens with one attached hydrogen (secondary N) is 1. The van der Waals surface area contributed by atoms with Crippen molar-refractivity contribution in [3.05, 3.63) is 74.6 Å². The molecule has 2 aliphatic rings. The van der Waals surface area contributed by atoms with Gasteiger partial charge in [-0.15, -0.1) is 11.3 Å². The van der Waals surface area contributed by atoms with E-state index in [1.54, 1.807) is 18.3 Å². The van der Waals surface area contributed by atoms with Crippen molar-refractivity contribution in [3.8, 4) is 6.07 Å². The van der Waals surface area contributed by atoms with E-state index in [-0.39, 0.29) is 22.6 Å². The fourth-order valence-corrected chi connectivity index (χ4v) is 5.29. The first-order valence-corrected chi connectivity index (χ1v) is 10.8. The molecule has 2 aromatic heterocycles. The van der Waals surface area contributed by atoms with E-state index in [0.29, 0.717) is 29.7 Å². The van der Waals surface area contributed by atoms with Gasteiger partial charge in [0.15, 0.2) is 5.78 Å². The summed E-state index contributed by atoms with van der Waals surface area (Å²) in [6.45, 7) is 5.99. The molecule has 0 saturated carbocycles. The van der Waals surface area contributed by atoms with Gasteiger partial charge in [0.25, 0.3) is 5.91 Å². The van der Waals surface area contributed by atoms with Gasteiger partial charge in [0.05, 0.1) is 28.8 Å². The maximum Gasteiger partial charge on any atom is 0.271 e. The first-order valence-electron chi connectivity index (χ1n) is 9.94. The first kappa shape index (κ1) is 20.8. The van der Waals surface area contributed by atoms with Gasteiger partial charge in [-0.3, -0.25) is 20.0 Å². The maximum absolute atomic E-state index is 13.4. The molecule has 1 aliphatic heterocycles. The summed E-state index contributed by atoms with van der Waals surface area (Å²) < 4.78 is 0. The van der Waals surface area contributed by atoms with E-state index < -0.39 is 11.8 Å². The number of amides is 1. The van der Waals surface area contributed by atoms with Crippen LogP contribution in [0.4, 0.5) is 0 Å². The molecule has 0 aromatic carbocycles. The minimum Gasteiger partial charge on any atom is -0.383 e. The molecule has 3 N–H and O–H groups in total. The molecular weight excluding hydrogens is 410 g/mol. The predicted molar refractivity (Wildman–Crippen MR) is 117 cm³/mol. The van der Waals surface area contributed by atoms with Crippen LogP contribution in [0.1, 0.15) is 53.4 Å². The molecule has 0 fully saturated rings. The molecule has 31 heavy (non-hydrogen) atoms. The predicted octanol–water partition coefficient (Wildman–Crippen LogP) is 3.53. The number of hydrogen-bond acceptors (Lipinski definition) is 7. The molecule has 7 nitrogen and oxygen atoms in total. The van der Waals surface area contributed by atoms with Gasteiger partial charge in [-0.1, -0.05) is 13.8 Å². The van der Waals surface area contributed by atoms with Crippen molar-refractivity contribution in [1.29, 1.82) is 5.26 Å². The topological polar surface area (TPSA) is 112 Å². The number of allylic oxidation sites excluding steroid dienone is 3. The number of ketones is 1. The highest BCUT2D eigenvalue weighted by molar-refractivity contribution is 7.10. The molecule has 1 atom stereocenters. The first-order chi connectivity index (χ1) is 14.7. The van der Waals surface area contributed by atoms with Crippen LogP contribution < -0.4 is 11.2 Å². The van der Waals surface area contributed by atoms with Crippen molar-refractivity contribution >= 4 is 23.0 Å². The largest absolute Gasteiger partial charge is 0.383 e. The Morgan fingerprint density at radius 2 is 2.16 bits per heavy atom. The van der Waals surface area contributed by atoms with Crippen molar-refractivity contribution < 1.29 is 9.59 Å². The molecule has 8 heteroatoms. The third-order valence-electron chi connectivity index (χ3n) is 5.68. The number of carbonyl (C=O) groups excluding carboxylic acids is 2. The fourth-order valence-electron chi connectivity index (χ4n) is 4.24. The highest BCUT2D eigenvalue weighted by Crippen LogP contribution is 2.49. The lowest BCUT2D eigenvalue weighted by molar-refractivity contribution is -0.118. The van der Waals surface area contributed by atoms with Gasteiger partial charge in [-0.05, 0) is 47.9 Å². The summed E-state index contributed by atoms with van der Waals surface area (Å²) in [6, 6.07) is 7.48. The zero-order valence-corrected chi connectivity index (χ0v) is 18.4. The second kappa shape index (κ2) is 7.67. The summed E-state index contributed by atoms with van der Waals surface area (Å²) in [5, 5.41) is 13.4. The maximum atomic E-state index is 13.4. The number of hydrazine groups is 1. The third kappa shape index (κ3) is 3.62. The van der Waals surface area contributed by atoms with E-state index in [1.807, 2.05) is 32.2 Å². The Labute approximate surface area is 184 Å². The van der Waals surface area contributed by atoms with Crippen LogP contribution in [0.3, 0.4) is 0 Å². The van der Waals surface area contributed by atoms with E-state index in [0.717, 1.165) is 10.4 Å². The lowest BCUT2D eigenvalue weighted by Gasteiger charge is -2.43. The van der Waals surface area contributed by atoms with Crippen molar-refractivity contribution in [2.24, 2.45) is 11.1 Å². The van der Waals surface area contributed by atoms with Gasteiger partial charge < -0.3 is 5.73 Å². The lowest BCUT2D eigenvalue weighted by atomic mass is 9.70. The second-order valence-electron chi connectivity index (χ2n) is 8.63. The molecule has 1 amide bonds. The van der Waals surface area contributed by atoms with Gasteiger partial charge in [0.1, 0.15) is 5.82 Å². The smallest absolute Gasteiger partial charge is 0.271 e. The average molecular weight is 434 g/mol. The van der Waals surface area contributed by atoms with Gasteiger partial charge >= 0.3 is 0 Å². The Hall–Kier alpha value is -3.44. The highest BCUT2D eigenvalue weighted by Gasteiger charge is 2.45. The van der Waals surface area contributed by atoms with Gasteiger partial charge in [-0.2, -0.15) is 5.26 Å². The Morgan fingerprint density at radius 1 is 1.39 bits per heavy atom. The molecular formula is C23H23N5O2S. The number of thiophene rings is 1. The van der Waals surface area contributed by atoms with E-state index in [2.05, 4.69) is 16.5 Å². The number of Topliss-reactive ketones (excluding diaryl/α,β-unsaturated/α-hetero) is 1. The second-order valence-corrected chi connectivity index (χ2v) is 9.58. The average Bonchev–Trinajstić information content (AvgIpc) is 3.15. The van der Waals surface area contributed by atoms with Crippen molar-refractivity contribution in [2.75, 3.05) is 0 Å². The molecule has 3 heterocycles. The van der Waals surface area contributed by atoms with E-state index in [9.17, 15) is 14.9 Å². The molecule has 0 bridgehead atoms. The van der Waals surface area contributed by atoms with Crippen LogP contribution in [-0.4, -0.2) is 21.7 Å². The van der Waals surface area contributed by atoms with Crippen molar-refractivity contribution in [1.82, 2.24) is 15.4 Å². The standard InChI is InChI=1S/C23H23N5O2S/c1-13-6-8-31-20(13)18-15(11-24)21(25)28(27-22(30)14-5-4-7-26-12-14)16-9-23(2,3)10-17(29)19(16)18/h4-8,12,18H,9-10,25H2,1-3H3,(H,27,30). The molecule has 0 radical (unpaired) electrons. The SMILES string of the molecule is Cc1ccsc1C1C(C#N)=C(N)N(NC(=O)c2cccnc2)C2=C1C(=O)CC(C)(C)C2. The summed E-state index contributed by atoms with van der Waals surface area (Å²) in [5.74, 6) is -0.816. The van der Waals surface area contributed by atoms with Crippen LogP contribution in [0.2, 0.25) is 0 Å². The van der Waals surface area contributed by atoms with Crippen molar-refractivity contribution in [3.63, 3.8) is 0 Å². The van der Waals surface area contributed by atoms with Crippen LogP contribution in [0.5, 0.6) is 0 Å². The number of aryl methyl sites for hydroxylation is 1. The molecule has 4 rings (SSSR count). The number of nitrogens with zero attached hydrogens (tertiary/aromatic N) is 3. The van der Waals surface area contributed by atoms with Crippen LogP contribution >= 0.6 is 11.3 Å². The fraction of sp³-hybridized carbons (Fsp3) is 0.304. The number of carbonyl (C=O) groups is 2. The summed E-state index contributed by atoms with van der Waals surface area (Å²) in [7, 11) is 0.